The lowest BCUT2D eigenvalue weighted by Crippen LogP contribution is -2.16. The van der Waals surface area contributed by atoms with Gasteiger partial charge in [-0.15, -0.1) is 8.93 Å². The van der Waals surface area contributed by atoms with Crippen molar-refractivity contribution in [2.45, 2.75) is 0 Å². The van der Waals surface area contributed by atoms with E-state index in [1.807, 2.05) is 0 Å². The maximum Gasteiger partial charge on any atom is -0.0000948 e. The van der Waals surface area contributed by atoms with Gasteiger partial charge in [0.05, 0.1) is 0 Å². The smallest absolute Gasteiger partial charge is 0.0000948 e. The van der Waals surface area contributed by atoms with Crippen molar-refractivity contribution >= 4 is 22.5 Å². The minimum atomic E-state index is 0.588. The molecule has 0 spiro atoms. The van der Waals surface area contributed by atoms with Crippen molar-refractivity contribution < 1.29 is 0 Å². The largest absolute Gasteiger partial charge is 0.110 e. The van der Waals surface area contributed by atoms with Crippen LogP contribution in [0.1, 0.15) is 0 Å². The minimum Gasteiger partial charge on any atom is -0.110 e. The average Bonchev–Trinajstić information content (AvgIpc) is 3.00. The van der Waals surface area contributed by atoms with Crippen LogP contribution in [0.3, 0.4) is 0 Å². The maximum absolute atomic E-state index is 3.05. The zero-order valence-electron chi connectivity index (χ0n) is 20.9. The molecule has 1 aliphatic rings. The normalized spacial score (nSPS) is 11.7. The molecule has 2 heteroatoms. The molecular formula is C36H26P2. The summed E-state index contributed by atoms with van der Waals surface area (Å²) >= 11 is 0. The van der Waals surface area contributed by atoms with Crippen LogP contribution >= 0.6 is 17.2 Å². The van der Waals surface area contributed by atoms with E-state index in [1.54, 1.807) is 0 Å². The van der Waals surface area contributed by atoms with Crippen LogP contribution in [0.4, 0.5) is 0 Å². The van der Waals surface area contributed by atoms with E-state index in [9.17, 15) is 0 Å². The van der Waals surface area contributed by atoms with E-state index in [1.165, 1.54) is 72.1 Å². The van der Waals surface area contributed by atoms with Gasteiger partial charge in [-0.2, -0.15) is 0 Å². The summed E-state index contributed by atoms with van der Waals surface area (Å²) in [6.45, 7) is 0. The van der Waals surface area contributed by atoms with Crippen molar-refractivity contribution in [3.63, 3.8) is 0 Å². The van der Waals surface area contributed by atoms with E-state index in [0.717, 1.165) is 0 Å². The van der Waals surface area contributed by atoms with Crippen LogP contribution in [0.2, 0.25) is 0 Å². The minimum absolute atomic E-state index is 0.588. The molecule has 0 radical (unpaired) electrons. The molecule has 6 aromatic carbocycles. The second-order valence-electron chi connectivity index (χ2n) is 9.59. The molecule has 0 amide bonds. The zero-order chi connectivity index (χ0) is 25.5. The van der Waals surface area contributed by atoms with Crippen LogP contribution in [-0.2, 0) is 0 Å². The molecule has 0 N–H and O–H groups in total. The SMILES string of the molecule is PPc1c(-c2ccccc2)c(-c2ccccc2)c(-c2ccccc2)c2c1-c1cccc(-c3ccccc3)c1-2. The molecule has 0 fully saturated rings. The Morgan fingerprint density at radius 1 is 0.316 bits per heavy atom. The van der Waals surface area contributed by atoms with Crippen molar-refractivity contribution in [2.24, 2.45) is 0 Å². The van der Waals surface area contributed by atoms with Crippen molar-refractivity contribution in [2.75, 3.05) is 0 Å². The molecule has 1 aliphatic carbocycles. The van der Waals surface area contributed by atoms with Gasteiger partial charge in [0, 0.05) is 0 Å². The van der Waals surface area contributed by atoms with Gasteiger partial charge in [-0.1, -0.05) is 148 Å². The van der Waals surface area contributed by atoms with Crippen molar-refractivity contribution in [3.8, 4) is 66.8 Å². The predicted molar refractivity (Wildman–Crippen MR) is 170 cm³/mol. The van der Waals surface area contributed by atoms with E-state index >= 15 is 0 Å². The molecule has 6 aromatic rings. The first-order chi connectivity index (χ1) is 18.9. The van der Waals surface area contributed by atoms with Crippen molar-refractivity contribution in [1.29, 1.82) is 0 Å². The fourth-order valence-corrected chi connectivity index (χ4v) is 7.60. The van der Waals surface area contributed by atoms with Gasteiger partial charge in [-0.25, -0.2) is 0 Å². The maximum atomic E-state index is 3.05. The summed E-state index contributed by atoms with van der Waals surface area (Å²) in [6, 6.07) is 50.5. The van der Waals surface area contributed by atoms with Crippen molar-refractivity contribution in [1.82, 2.24) is 0 Å². The molecule has 0 heterocycles. The molecule has 0 saturated carbocycles. The Morgan fingerprint density at radius 2 is 0.737 bits per heavy atom. The van der Waals surface area contributed by atoms with E-state index in [2.05, 4.69) is 148 Å². The number of benzene rings is 6. The van der Waals surface area contributed by atoms with Gasteiger partial charge in [0.15, 0.2) is 0 Å². The first-order valence-corrected chi connectivity index (χ1v) is 15.7. The molecular weight excluding hydrogens is 494 g/mol. The Hall–Kier alpha value is -3.82. The fraction of sp³-hybridized carbons (Fsp3) is 0. The lowest BCUT2D eigenvalue weighted by Gasteiger charge is -2.36. The van der Waals surface area contributed by atoms with Gasteiger partial charge < -0.3 is 0 Å². The van der Waals surface area contributed by atoms with Crippen LogP contribution in [-0.4, -0.2) is 0 Å². The third-order valence-electron chi connectivity index (χ3n) is 7.50. The van der Waals surface area contributed by atoms with Gasteiger partial charge in [-0.3, -0.25) is 0 Å². The topological polar surface area (TPSA) is 0 Å². The Bertz CT molecular complexity index is 1760. The molecule has 0 saturated heterocycles. The van der Waals surface area contributed by atoms with E-state index in [-0.39, 0.29) is 0 Å². The van der Waals surface area contributed by atoms with Crippen LogP contribution in [0.5, 0.6) is 0 Å². The molecule has 0 aromatic heterocycles. The highest BCUT2D eigenvalue weighted by Gasteiger charge is 2.35. The van der Waals surface area contributed by atoms with Crippen LogP contribution < -0.4 is 5.30 Å². The predicted octanol–water partition coefficient (Wildman–Crippen LogP) is 10.1. The highest BCUT2D eigenvalue weighted by molar-refractivity contribution is 8.07. The van der Waals surface area contributed by atoms with Crippen LogP contribution in [0.25, 0.3) is 66.8 Å². The van der Waals surface area contributed by atoms with Crippen molar-refractivity contribution in [3.05, 3.63) is 140 Å². The first-order valence-electron chi connectivity index (χ1n) is 12.9. The second-order valence-corrected chi connectivity index (χ2v) is 11.2. The summed E-state index contributed by atoms with van der Waals surface area (Å²) in [5.41, 5.74) is 15.9. The molecule has 2 atom stereocenters. The molecule has 7 rings (SSSR count). The number of hydrogen-bond acceptors (Lipinski definition) is 0. The summed E-state index contributed by atoms with van der Waals surface area (Å²) in [7, 11) is 3.64. The van der Waals surface area contributed by atoms with E-state index < -0.39 is 0 Å². The van der Waals surface area contributed by atoms with E-state index in [0.29, 0.717) is 8.27 Å². The van der Waals surface area contributed by atoms with Crippen LogP contribution in [0.15, 0.2) is 140 Å². The van der Waals surface area contributed by atoms with Gasteiger partial charge >= 0.3 is 0 Å². The highest BCUT2D eigenvalue weighted by atomic mass is 32.0. The molecule has 2 unspecified atom stereocenters. The standard InChI is InChI=1S/C36H26P2/c37-38-36-32(27-20-11-4-12-21-27)30(25-16-7-2-8-17-25)31(26-18-9-3-10-19-26)35-33-28(24-14-5-1-6-15-24)22-13-23-29(33)34(35)36/h1-23,38H,37H2. The monoisotopic (exact) mass is 520 g/mol. The number of hydrogen-bond donors (Lipinski definition) is 0. The molecule has 0 aliphatic heterocycles. The van der Waals surface area contributed by atoms with Gasteiger partial charge in [0.25, 0.3) is 0 Å². The zero-order valence-corrected chi connectivity index (χ0v) is 23.0. The second kappa shape index (κ2) is 9.81. The molecule has 0 bridgehead atoms. The third kappa shape index (κ3) is 3.68. The molecule has 0 nitrogen and oxygen atoms in total. The summed E-state index contributed by atoms with van der Waals surface area (Å²) < 4.78 is 0. The summed E-state index contributed by atoms with van der Waals surface area (Å²) in [4.78, 5) is 0. The molecule has 38 heavy (non-hydrogen) atoms. The van der Waals surface area contributed by atoms with Gasteiger partial charge in [0.1, 0.15) is 0 Å². The summed E-state index contributed by atoms with van der Waals surface area (Å²) in [5, 5.41) is 1.42. The lowest BCUT2D eigenvalue weighted by molar-refractivity contribution is 1.50. The Balaban J connectivity index is 1.67. The van der Waals surface area contributed by atoms with Crippen LogP contribution in [0, 0.1) is 0 Å². The molecule has 180 valence electrons. The summed E-state index contributed by atoms with van der Waals surface area (Å²) in [6.07, 6.45) is 0. The van der Waals surface area contributed by atoms with E-state index in [4.69, 9.17) is 0 Å². The lowest BCUT2D eigenvalue weighted by atomic mass is 9.69. The first kappa shape index (κ1) is 23.3. The van der Waals surface area contributed by atoms with Gasteiger partial charge in [0.2, 0.25) is 0 Å². The number of fused-ring (bicyclic) bond motifs is 4. The quantitative estimate of drug-likeness (QED) is 0.198. The fourth-order valence-electron chi connectivity index (χ4n) is 5.92. The Labute approximate surface area is 228 Å². The summed E-state index contributed by atoms with van der Waals surface area (Å²) in [5.74, 6) is 0. The highest BCUT2D eigenvalue weighted by Crippen LogP contribution is 2.60. The Kier molecular flexibility index (Phi) is 6.02. The Morgan fingerprint density at radius 3 is 1.24 bits per heavy atom. The van der Waals surface area contributed by atoms with Gasteiger partial charge in [-0.05, 0) is 72.1 Å². The third-order valence-corrected chi connectivity index (χ3v) is 9.16. The average molecular weight is 521 g/mol. The number of rotatable bonds is 5.